The molecule has 2 aromatic carbocycles. The monoisotopic (exact) mass is 446 g/mol. The fourth-order valence-corrected chi connectivity index (χ4v) is 4.83. The van der Waals surface area contributed by atoms with Gasteiger partial charge in [-0.25, -0.2) is 0 Å². The molecule has 0 saturated heterocycles. The SMILES string of the molecule is CC/C=C/C(Cc1c[nH]c2ccccc12)NC(=O)c1cc2ccc(NCCNC)cc2s1. The topological polar surface area (TPSA) is 69.0 Å². The van der Waals surface area contributed by atoms with Crippen molar-refractivity contribution in [2.75, 3.05) is 25.5 Å². The Kier molecular flexibility index (Phi) is 7.24. The first-order chi connectivity index (χ1) is 15.7. The van der Waals surface area contributed by atoms with Crippen molar-refractivity contribution in [1.82, 2.24) is 15.6 Å². The number of aromatic amines is 1. The molecule has 4 aromatic rings. The highest BCUT2D eigenvalue weighted by molar-refractivity contribution is 7.20. The van der Waals surface area contributed by atoms with Crippen LogP contribution >= 0.6 is 11.3 Å². The van der Waals surface area contributed by atoms with Gasteiger partial charge < -0.3 is 20.9 Å². The van der Waals surface area contributed by atoms with Gasteiger partial charge in [0.15, 0.2) is 0 Å². The molecule has 0 radical (unpaired) electrons. The van der Waals surface area contributed by atoms with Crippen LogP contribution in [0.4, 0.5) is 5.69 Å². The van der Waals surface area contributed by atoms with E-state index in [0.29, 0.717) is 0 Å². The number of carbonyl (C=O) groups is 1. The number of hydrogen-bond acceptors (Lipinski definition) is 4. The average molecular weight is 447 g/mol. The lowest BCUT2D eigenvalue weighted by atomic mass is 10.0. The number of allylic oxidation sites excluding steroid dienone is 1. The normalized spacial score (nSPS) is 12.6. The summed E-state index contributed by atoms with van der Waals surface area (Å²) in [6.45, 7) is 3.87. The van der Waals surface area contributed by atoms with Gasteiger partial charge in [-0.1, -0.05) is 43.3 Å². The fourth-order valence-electron chi connectivity index (χ4n) is 3.83. The van der Waals surface area contributed by atoms with Crippen molar-refractivity contribution >= 4 is 43.9 Å². The van der Waals surface area contributed by atoms with Gasteiger partial charge in [0.25, 0.3) is 5.91 Å². The lowest BCUT2D eigenvalue weighted by molar-refractivity contribution is 0.0948. The number of fused-ring (bicyclic) bond motifs is 2. The molecule has 166 valence electrons. The van der Waals surface area contributed by atoms with Crippen molar-refractivity contribution in [1.29, 1.82) is 0 Å². The van der Waals surface area contributed by atoms with Gasteiger partial charge in [-0.15, -0.1) is 11.3 Å². The van der Waals surface area contributed by atoms with E-state index in [9.17, 15) is 4.79 Å². The Morgan fingerprint density at radius 2 is 2.03 bits per heavy atom. The van der Waals surface area contributed by atoms with Gasteiger partial charge in [0, 0.05) is 40.6 Å². The third-order valence-corrected chi connectivity index (χ3v) is 6.58. The molecule has 6 heteroatoms. The minimum absolute atomic E-state index is 0.0264. The number of carbonyl (C=O) groups excluding carboxylic acids is 1. The van der Waals surface area contributed by atoms with E-state index in [2.05, 4.69) is 70.3 Å². The van der Waals surface area contributed by atoms with Crippen LogP contribution in [0.3, 0.4) is 0 Å². The number of thiophene rings is 1. The van der Waals surface area contributed by atoms with Gasteiger partial charge in [-0.3, -0.25) is 4.79 Å². The molecular formula is C26H30N4OS. The van der Waals surface area contributed by atoms with E-state index < -0.39 is 0 Å². The molecule has 1 unspecified atom stereocenters. The highest BCUT2D eigenvalue weighted by atomic mass is 32.1. The van der Waals surface area contributed by atoms with Crippen LogP contribution in [0.1, 0.15) is 28.6 Å². The van der Waals surface area contributed by atoms with Gasteiger partial charge in [0.1, 0.15) is 0 Å². The maximum absolute atomic E-state index is 13.1. The molecule has 0 saturated carbocycles. The Bertz CT molecular complexity index is 1220. The molecule has 4 N–H and O–H groups in total. The lowest BCUT2D eigenvalue weighted by Crippen LogP contribution is -2.34. The molecular weight excluding hydrogens is 416 g/mol. The van der Waals surface area contributed by atoms with Crippen LogP contribution in [-0.4, -0.2) is 37.1 Å². The van der Waals surface area contributed by atoms with Crippen molar-refractivity contribution in [3.63, 3.8) is 0 Å². The average Bonchev–Trinajstić information content (AvgIpc) is 3.42. The third-order valence-electron chi connectivity index (χ3n) is 5.48. The minimum Gasteiger partial charge on any atom is -0.384 e. The number of aromatic nitrogens is 1. The zero-order valence-electron chi connectivity index (χ0n) is 18.6. The van der Waals surface area contributed by atoms with Crippen molar-refractivity contribution in [3.05, 3.63) is 77.3 Å². The summed E-state index contributed by atoms with van der Waals surface area (Å²) < 4.78 is 1.11. The Labute approximate surface area is 192 Å². The summed E-state index contributed by atoms with van der Waals surface area (Å²) in [7, 11) is 1.94. The van der Waals surface area contributed by atoms with E-state index in [1.54, 1.807) is 0 Å². The molecule has 0 fully saturated rings. The zero-order valence-corrected chi connectivity index (χ0v) is 19.4. The Balaban J connectivity index is 1.50. The maximum atomic E-state index is 13.1. The van der Waals surface area contributed by atoms with E-state index in [0.717, 1.165) is 52.1 Å². The maximum Gasteiger partial charge on any atom is 0.261 e. The minimum atomic E-state index is -0.0642. The predicted octanol–water partition coefficient (Wildman–Crippen LogP) is 5.32. The number of para-hydroxylation sites is 1. The number of rotatable bonds is 10. The molecule has 0 spiro atoms. The van der Waals surface area contributed by atoms with Crippen molar-refractivity contribution < 1.29 is 4.79 Å². The summed E-state index contributed by atoms with van der Waals surface area (Å²) in [5.74, 6) is -0.0264. The number of H-pyrrole nitrogens is 1. The molecule has 1 amide bonds. The fraction of sp³-hybridized carbons (Fsp3) is 0.269. The molecule has 1 atom stereocenters. The first-order valence-electron chi connectivity index (χ1n) is 11.1. The Hall–Kier alpha value is -3.09. The number of hydrogen-bond donors (Lipinski definition) is 4. The molecule has 2 heterocycles. The molecule has 2 aromatic heterocycles. The second kappa shape index (κ2) is 10.5. The van der Waals surface area contributed by atoms with E-state index in [1.807, 2.05) is 31.4 Å². The smallest absolute Gasteiger partial charge is 0.261 e. The van der Waals surface area contributed by atoms with E-state index in [1.165, 1.54) is 22.3 Å². The summed E-state index contributed by atoms with van der Waals surface area (Å²) in [5.41, 5.74) is 3.40. The van der Waals surface area contributed by atoms with Gasteiger partial charge in [0.2, 0.25) is 0 Å². The highest BCUT2D eigenvalue weighted by Gasteiger charge is 2.16. The van der Waals surface area contributed by atoms with E-state index in [4.69, 9.17) is 0 Å². The molecule has 4 rings (SSSR count). The molecule has 0 aliphatic heterocycles. The lowest BCUT2D eigenvalue weighted by Gasteiger charge is -2.14. The van der Waals surface area contributed by atoms with Crippen molar-refractivity contribution in [2.45, 2.75) is 25.8 Å². The highest BCUT2D eigenvalue weighted by Crippen LogP contribution is 2.28. The largest absolute Gasteiger partial charge is 0.384 e. The van der Waals surface area contributed by atoms with Crippen LogP contribution < -0.4 is 16.0 Å². The second-order valence-corrected chi connectivity index (χ2v) is 8.96. The van der Waals surface area contributed by atoms with Crippen LogP contribution in [0.25, 0.3) is 21.0 Å². The first kappa shape index (κ1) is 22.1. The predicted molar refractivity (Wildman–Crippen MR) is 137 cm³/mol. The molecule has 0 aliphatic carbocycles. The van der Waals surface area contributed by atoms with Gasteiger partial charge in [-0.05, 0) is 55.1 Å². The standard InChI is InChI=1S/C26H30N4OS/c1-3-4-7-21(14-19-17-29-23-9-6-5-8-22(19)23)30-26(31)25-15-18-10-11-20(16-24(18)32-25)28-13-12-27-2/h4-11,15-17,21,27-29H,3,12-14H2,1-2H3,(H,30,31)/b7-4+. The molecule has 5 nitrogen and oxygen atoms in total. The number of benzene rings is 2. The molecule has 0 aliphatic rings. The Morgan fingerprint density at radius 1 is 1.16 bits per heavy atom. The van der Waals surface area contributed by atoms with Gasteiger partial charge >= 0.3 is 0 Å². The number of amides is 1. The van der Waals surface area contributed by atoms with Gasteiger partial charge in [0.05, 0.1) is 10.9 Å². The number of likely N-dealkylation sites (N-methyl/N-ethyl adjacent to an activating group) is 1. The second-order valence-electron chi connectivity index (χ2n) is 7.87. The summed E-state index contributed by atoms with van der Waals surface area (Å²) >= 11 is 1.54. The number of anilines is 1. The van der Waals surface area contributed by atoms with Crippen LogP contribution in [-0.2, 0) is 6.42 Å². The van der Waals surface area contributed by atoms with Crippen LogP contribution in [0, 0.1) is 0 Å². The zero-order chi connectivity index (χ0) is 22.3. The van der Waals surface area contributed by atoms with Crippen molar-refractivity contribution in [2.24, 2.45) is 0 Å². The summed E-state index contributed by atoms with van der Waals surface area (Å²) in [6.07, 6.45) is 7.96. The van der Waals surface area contributed by atoms with Gasteiger partial charge in [-0.2, -0.15) is 0 Å². The van der Waals surface area contributed by atoms with Crippen LogP contribution in [0.15, 0.2) is 66.9 Å². The summed E-state index contributed by atoms with van der Waals surface area (Å²) in [5, 5.41) is 12.1. The molecule has 32 heavy (non-hydrogen) atoms. The van der Waals surface area contributed by atoms with E-state index in [-0.39, 0.29) is 11.9 Å². The quantitative estimate of drug-likeness (QED) is 0.197. The van der Waals surface area contributed by atoms with Crippen molar-refractivity contribution in [3.8, 4) is 0 Å². The first-order valence-corrected chi connectivity index (χ1v) is 11.9. The van der Waals surface area contributed by atoms with Crippen LogP contribution in [0.2, 0.25) is 0 Å². The van der Waals surface area contributed by atoms with E-state index >= 15 is 0 Å². The number of nitrogens with one attached hydrogen (secondary N) is 4. The Morgan fingerprint density at radius 3 is 2.88 bits per heavy atom. The van der Waals surface area contributed by atoms with Crippen LogP contribution in [0.5, 0.6) is 0 Å². The summed E-state index contributed by atoms with van der Waals surface area (Å²) in [6, 6.07) is 16.5. The third kappa shape index (κ3) is 5.21. The molecule has 0 bridgehead atoms. The summed E-state index contributed by atoms with van der Waals surface area (Å²) in [4.78, 5) is 17.2.